The van der Waals surface area contributed by atoms with E-state index in [1.54, 1.807) is 0 Å². The van der Waals surface area contributed by atoms with Crippen LogP contribution >= 0.6 is 0 Å². The second kappa shape index (κ2) is 4.59. The Morgan fingerprint density at radius 3 is 0.938 bits per heavy atom. The number of rotatable bonds is 4. The summed E-state index contributed by atoms with van der Waals surface area (Å²) in [5.74, 6) is 0. The standard InChI is InChI=1S/C11H30OSi4/c1-13(2,3)16(11-10-12,14(4,5)6)15(7,8)9/h10-12H,1-9H3. The summed E-state index contributed by atoms with van der Waals surface area (Å²) in [5, 5.41) is 9.41. The Kier molecular flexibility index (Phi) is 4.70. The van der Waals surface area contributed by atoms with Crippen LogP contribution in [-0.4, -0.2) is 34.5 Å². The van der Waals surface area contributed by atoms with Gasteiger partial charge < -0.3 is 5.11 Å². The molecule has 0 heterocycles. The summed E-state index contributed by atoms with van der Waals surface area (Å²) in [5.41, 5.74) is 2.32. The van der Waals surface area contributed by atoms with Crippen LogP contribution in [0.3, 0.4) is 0 Å². The van der Waals surface area contributed by atoms with Gasteiger partial charge in [-0.05, 0) is 0 Å². The van der Waals surface area contributed by atoms with Crippen molar-refractivity contribution in [2.45, 2.75) is 58.9 Å². The Bertz CT molecular complexity index is 229. The highest BCUT2D eigenvalue weighted by molar-refractivity contribution is 7.90. The van der Waals surface area contributed by atoms with Crippen LogP contribution in [0, 0.1) is 0 Å². The summed E-state index contributed by atoms with van der Waals surface area (Å²) in [6.07, 6.45) is 1.39. The summed E-state index contributed by atoms with van der Waals surface area (Å²) in [4.78, 5) is 0. The molecule has 0 spiro atoms. The van der Waals surface area contributed by atoms with Gasteiger partial charge >= 0.3 is 0 Å². The predicted octanol–water partition coefficient (Wildman–Crippen LogP) is 4.30. The molecule has 0 aromatic rings. The minimum absolute atomic E-state index is 1.21. The normalized spacial score (nSPS) is 15.8. The Hall–Kier alpha value is 0.408. The van der Waals surface area contributed by atoms with E-state index in [2.05, 4.69) is 64.6 Å². The summed E-state index contributed by atoms with van der Waals surface area (Å²) in [6.45, 7) is 21.3. The average Bonchev–Trinajstić information content (AvgIpc) is 1.91. The van der Waals surface area contributed by atoms with Crippen LogP contribution < -0.4 is 0 Å². The van der Waals surface area contributed by atoms with Gasteiger partial charge in [-0.15, -0.1) is 0 Å². The molecule has 0 aromatic carbocycles. The van der Waals surface area contributed by atoms with Crippen molar-refractivity contribution in [3.05, 3.63) is 12.0 Å². The SMILES string of the molecule is C[Si](C)(C)[Si](C=CO)([Si](C)(C)C)[Si](C)(C)C. The van der Waals surface area contributed by atoms with Crippen LogP contribution in [0.2, 0.25) is 58.9 Å². The molecule has 0 aliphatic carbocycles. The number of hydrogen-bond acceptors (Lipinski definition) is 1. The molecular formula is C11H30OSi4. The first-order valence-electron chi connectivity index (χ1n) is 6.13. The van der Waals surface area contributed by atoms with Gasteiger partial charge in [0.15, 0.2) is 0 Å². The van der Waals surface area contributed by atoms with Crippen molar-refractivity contribution in [3.63, 3.8) is 0 Å². The van der Waals surface area contributed by atoms with Gasteiger partial charge in [0.05, 0.1) is 12.9 Å². The van der Waals surface area contributed by atoms with Crippen molar-refractivity contribution in [2.24, 2.45) is 0 Å². The molecule has 0 atom stereocenters. The molecule has 0 aromatic heterocycles. The van der Waals surface area contributed by atoms with Crippen LogP contribution in [0.1, 0.15) is 0 Å². The van der Waals surface area contributed by atoms with Crippen LogP contribution in [0.4, 0.5) is 0 Å². The highest BCUT2D eigenvalue weighted by atomic mass is 29.9. The first-order chi connectivity index (χ1) is 6.81. The third-order valence-corrected chi connectivity index (χ3v) is 74.9. The van der Waals surface area contributed by atoms with Gasteiger partial charge in [0.2, 0.25) is 0 Å². The Morgan fingerprint density at radius 2 is 0.875 bits per heavy atom. The maximum Gasteiger partial charge on any atom is 0.0706 e. The monoisotopic (exact) mass is 290 g/mol. The van der Waals surface area contributed by atoms with Crippen molar-refractivity contribution in [1.82, 2.24) is 0 Å². The Balaban J connectivity index is 6.04. The molecule has 16 heavy (non-hydrogen) atoms. The van der Waals surface area contributed by atoms with Crippen molar-refractivity contribution >= 4 is 29.4 Å². The lowest BCUT2D eigenvalue weighted by atomic mass is 11.2. The number of aliphatic hydroxyl groups excluding tert-OH is 1. The molecule has 0 radical (unpaired) electrons. The fraction of sp³-hybridized carbons (Fsp3) is 0.818. The Morgan fingerprint density at radius 1 is 0.625 bits per heavy atom. The van der Waals surface area contributed by atoms with Crippen LogP contribution in [0.15, 0.2) is 12.0 Å². The number of hydrogen-bond donors (Lipinski definition) is 1. The molecule has 0 fully saturated rings. The molecule has 0 saturated heterocycles. The van der Waals surface area contributed by atoms with Crippen LogP contribution in [-0.2, 0) is 0 Å². The van der Waals surface area contributed by atoms with E-state index >= 15 is 0 Å². The minimum atomic E-state index is -1.41. The van der Waals surface area contributed by atoms with Gasteiger partial charge in [0, 0.05) is 22.8 Å². The lowest BCUT2D eigenvalue weighted by Crippen LogP contribution is -2.81. The molecule has 0 amide bonds. The fourth-order valence-electron chi connectivity index (χ4n) is 4.24. The average molecular weight is 291 g/mol. The van der Waals surface area contributed by atoms with Gasteiger partial charge in [-0.3, -0.25) is 0 Å². The maximum absolute atomic E-state index is 9.41. The van der Waals surface area contributed by atoms with Crippen molar-refractivity contribution in [3.8, 4) is 0 Å². The zero-order valence-electron chi connectivity index (χ0n) is 12.6. The zero-order chi connectivity index (χ0) is 13.4. The van der Waals surface area contributed by atoms with E-state index in [1.807, 2.05) is 0 Å². The third kappa shape index (κ3) is 2.63. The smallest absolute Gasteiger partial charge is 0.0706 e. The molecule has 0 aliphatic heterocycles. The first kappa shape index (κ1) is 16.4. The van der Waals surface area contributed by atoms with Gasteiger partial charge in [0.1, 0.15) is 0 Å². The molecule has 0 saturated carbocycles. The predicted molar refractivity (Wildman–Crippen MR) is 87.6 cm³/mol. The third-order valence-electron chi connectivity index (χ3n) is 3.87. The molecule has 0 aliphatic rings. The lowest BCUT2D eigenvalue weighted by Gasteiger charge is -2.55. The summed E-state index contributed by atoms with van der Waals surface area (Å²) < 4.78 is 0. The van der Waals surface area contributed by atoms with Gasteiger partial charge in [-0.25, -0.2) is 0 Å². The van der Waals surface area contributed by atoms with Gasteiger partial charge in [-0.1, -0.05) is 64.6 Å². The second-order valence-electron chi connectivity index (χ2n) is 7.87. The molecule has 5 heteroatoms. The minimum Gasteiger partial charge on any atom is -0.516 e. The van der Waals surface area contributed by atoms with Gasteiger partial charge in [0.25, 0.3) is 0 Å². The number of aliphatic hydroxyl groups is 1. The quantitative estimate of drug-likeness (QED) is 0.605. The van der Waals surface area contributed by atoms with E-state index in [1.165, 1.54) is 6.26 Å². The summed E-state index contributed by atoms with van der Waals surface area (Å²) in [6, 6.07) is 0. The summed E-state index contributed by atoms with van der Waals surface area (Å²) >= 11 is 0. The second-order valence-corrected chi connectivity index (χ2v) is 48.4. The van der Waals surface area contributed by atoms with Crippen molar-refractivity contribution < 1.29 is 5.11 Å². The topological polar surface area (TPSA) is 20.2 Å². The maximum atomic E-state index is 9.41. The molecule has 0 bridgehead atoms. The Labute approximate surface area is 105 Å². The molecule has 1 nitrogen and oxygen atoms in total. The molecule has 1 N–H and O–H groups in total. The zero-order valence-corrected chi connectivity index (χ0v) is 16.6. The van der Waals surface area contributed by atoms with Crippen LogP contribution in [0.25, 0.3) is 0 Å². The van der Waals surface area contributed by atoms with Crippen molar-refractivity contribution in [2.75, 3.05) is 0 Å². The first-order valence-corrected chi connectivity index (χ1v) is 21.7. The van der Waals surface area contributed by atoms with E-state index in [4.69, 9.17) is 0 Å². The summed E-state index contributed by atoms with van der Waals surface area (Å²) in [7, 11) is -3.64. The highest BCUT2D eigenvalue weighted by Gasteiger charge is 2.59. The van der Waals surface area contributed by atoms with Gasteiger partial charge in [-0.2, -0.15) is 0 Å². The van der Waals surface area contributed by atoms with E-state index in [0.717, 1.165) is 0 Å². The van der Waals surface area contributed by atoms with E-state index < -0.39 is 29.4 Å². The van der Waals surface area contributed by atoms with Crippen molar-refractivity contribution in [1.29, 1.82) is 0 Å². The van der Waals surface area contributed by atoms with Crippen LogP contribution in [0.5, 0.6) is 0 Å². The molecule has 0 unspecified atom stereocenters. The molecular weight excluding hydrogens is 260 g/mol. The molecule has 96 valence electrons. The van der Waals surface area contributed by atoms with E-state index in [0.29, 0.717) is 0 Å². The molecule has 0 rings (SSSR count). The fourth-order valence-corrected chi connectivity index (χ4v) is 98.9. The lowest BCUT2D eigenvalue weighted by molar-refractivity contribution is 0.474. The highest BCUT2D eigenvalue weighted by Crippen LogP contribution is 2.37. The largest absolute Gasteiger partial charge is 0.516 e. The van der Waals surface area contributed by atoms with E-state index in [-0.39, 0.29) is 0 Å². The van der Waals surface area contributed by atoms with E-state index in [9.17, 15) is 5.11 Å².